The Morgan fingerprint density at radius 2 is 0.833 bits per heavy atom. The second-order valence-corrected chi connectivity index (χ2v) is 4.05. The summed E-state index contributed by atoms with van der Waals surface area (Å²) < 4.78 is 112. The van der Waals surface area contributed by atoms with Crippen molar-refractivity contribution in [1.82, 2.24) is 0 Å². The van der Waals surface area contributed by atoms with Gasteiger partial charge in [-0.05, 0) is 0 Å². The third-order valence-electron chi connectivity index (χ3n) is 2.51. The van der Waals surface area contributed by atoms with E-state index in [-0.39, 0.29) is 12.1 Å². The molecular weight excluding hydrogens is 356 g/mol. The van der Waals surface area contributed by atoms with Crippen molar-refractivity contribution in [3.8, 4) is 11.5 Å². The van der Waals surface area contributed by atoms with Crippen LogP contribution in [0.4, 0.5) is 39.9 Å². The summed E-state index contributed by atoms with van der Waals surface area (Å²) in [5, 5.41) is 0. The van der Waals surface area contributed by atoms with E-state index in [1.54, 1.807) is 0 Å². The van der Waals surface area contributed by atoms with Gasteiger partial charge in [-0.3, -0.25) is 0 Å². The molecule has 0 bridgehead atoms. The monoisotopic (exact) mass is 358 g/mol. The average Bonchev–Trinajstić information content (AvgIpc) is 2.52. The molecule has 128 valence electrons. The molecule has 0 aliphatic rings. The third kappa shape index (κ3) is 3.09. The summed E-state index contributed by atoms with van der Waals surface area (Å²) in [5.41, 5.74) is 0. The molecule has 3 nitrogen and oxygen atoms in total. The second kappa shape index (κ2) is 6.34. The predicted octanol–water partition coefficient (Wildman–Crippen LogP) is 4.38. The van der Waals surface area contributed by atoms with Crippen LogP contribution in [0.2, 0.25) is 0 Å². The molecule has 0 unspecified atom stereocenters. The molecule has 24 heavy (non-hydrogen) atoms. The van der Waals surface area contributed by atoms with Gasteiger partial charge in [0.15, 0.2) is 23.3 Å². The maximum absolute atomic E-state index is 13.2. The van der Waals surface area contributed by atoms with Gasteiger partial charge in [-0.25, -0.2) is 22.4 Å². The molecule has 0 saturated heterocycles. The van der Waals surface area contributed by atoms with Crippen LogP contribution < -0.4 is 9.47 Å². The summed E-state index contributed by atoms with van der Waals surface area (Å²) in [6, 6.07) is -0.408. The van der Waals surface area contributed by atoms with E-state index in [4.69, 9.17) is 0 Å². The summed E-state index contributed by atoms with van der Waals surface area (Å²) in [6.45, 7) is 0. The molecular formula is C13H2F8O3. The zero-order chi connectivity index (χ0) is 18.2. The van der Waals surface area contributed by atoms with Gasteiger partial charge in [0, 0.05) is 12.1 Å². The first kappa shape index (κ1) is 17.5. The topological polar surface area (TPSA) is 35.5 Å². The molecule has 0 saturated carbocycles. The molecule has 11 heteroatoms. The van der Waals surface area contributed by atoms with Gasteiger partial charge >= 0.3 is 6.16 Å². The fourth-order valence-corrected chi connectivity index (χ4v) is 1.47. The lowest BCUT2D eigenvalue weighted by molar-refractivity contribution is 0.141. The molecule has 0 atom stereocenters. The Morgan fingerprint density at radius 1 is 0.583 bits per heavy atom. The van der Waals surface area contributed by atoms with Crippen LogP contribution in [0.1, 0.15) is 0 Å². The molecule has 0 aliphatic carbocycles. The Bertz CT molecular complexity index is 717. The minimum atomic E-state index is -2.32. The van der Waals surface area contributed by atoms with Gasteiger partial charge in [0.05, 0.1) is 0 Å². The van der Waals surface area contributed by atoms with Crippen molar-refractivity contribution in [1.29, 1.82) is 0 Å². The highest BCUT2D eigenvalue weighted by molar-refractivity contribution is 5.67. The second-order valence-electron chi connectivity index (χ2n) is 4.05. The average molecular weight is 358 g/mol. The van der Waals surface area contributed by atoms with Crippen molar-refractivity contribution in [2.24, 2.45) is 0 Å². The van der Waals surface area contributed by atoms with Crippen LogP contribution in [0.15, 0.2) is 12.1 Å². The van der Waals surface area contributed by atoms with Crippen molar-refractivity contribution in [3.05, 3.63) is 58.7 Å². The molecule has 0 amide bonds. The number of rotatable bonds is 2. The van der Waals surface area contributed by atoms with Crippen LogP contribution in [0, 0.1) is 46.5 Å². The molecule has 0 spiro atoms. The maximum Gasteiger partial charge on any atom is 0.519 e. The summed E-state index contributed by atoms with van der Waals surface area (Å²) in [6.07, 6.45) is -2.32. The molecule has 2 aromatic rings. The van der Waals surface area contributed by atoms with Gasteiger partial charge in [0.2, 0.25) is 34.8 Å². The molecule has 0 aromatic heterocycles. The summed E-state index contributed by atoms with van der Waals surface area (Å²) >= 11 is 0. The Kier molecular flexibility index (Phi) is 4.62. The van der Waals surface area contributed by atoms with Gasteiger partial charge in [0.1, 0.15) is 0 Å². The number of ether oxygens (including phenoxy) is 2. The smallest absolute Gasteiger partial charge is 0.388 e. The van der Waals surface area contributed by atoms with Gasteiger partial charge in [-0.1, -0.05) is 0 Å². The Morgan fingerprint density at radius 3 is 1.08 bits per heavy atom. The minimum absolute atomic E-state index is 0.204. The van der Waals surface area contributed by atoms with Crippen LogP contribution in [0.3, 0.4) is 0 Å². The summed E-state index contributed by atoms with van der Waals surface area (Å²) in [5.74, 6) is -20.3. The lowest BCUT2D eigenvalue weighted by atomic mass is 10.3. The quantitative estimate of drug-likeness (QED) is 0.346. The minimum Gasteiger partial charge on any atom is -0.388 e. The number of carbonyl (C=O) groups excluding carboxylic acids is 1. The SMILES string of the molecule is O=C(Oc1c(F)c(F)cc(F)c1F)Oc1c(F)c(F)cc(F)c1F. The highest BCUT2D eigenvalue weighted by atomic mass is 19.2. The van der Waals surface area contributed by atoms with Gasteiger partial charge in [-0.2, -0.15) is 17.6 Å². The van der Waals surface area contributed by atoms with E-state index in [2.05, 4.69) is 9.47 Å². The first-order valence-electron chi connectivity index (χ1n) is 5.69. The summed E-state index contributed by atoms with van der Waals surface area (Å²) in [7, 11) is 0. The first-order chi connectivity index (χ1) is 11.1. The molecule has 2 aromatic carbocycles. The number of benzene rings is 2. The molecule has 0 aliphatic heterocycles. The van der Waals surface area contributed by atoms with Crippen LogP contribution in [-0.4, -0.2) is 6.16 Å². The highest BCUT2D eigenvalue weighted by Gasteiger charge is 2.27. The fraction of sp³-hybridized carbons (Fsp3) is 0. The van der Waals surface area contributed by atoms with Crippen molar-refractivity contribution in [2.75, 3.05) is 0 Å². The lowest BCUT2D eigenvalue weighted by Crippen LogP contribution is -2.18. The van der Waals surface area contributed by atoms with E-state index in [1.165, 1.54) is 0 Å². The van der Waals surface area contributed by atoms with Crippen LogP contribution in [-0.2, 0) is 0 Å². The van der Waals surface area contributed by atoms with Crippen LogP contribution >= 0.6 is 0 Å². The number of hydrogen-bond donors (Lipinski definition) is 0. The maximum atomic E-state index is 13.2. The third-order valence-corrected chi connectivity index (χ3v) is 2.51. The molecule has 0 N–H and O–H groups in total. The number of hydrogen-bond acceptors (Lipinski definition) is 3. The van der Waals surface area contributed by atoms with Crippen LogP contribution in [0.5, 0.6) is 11.5 Å². The van der Waals surface area contributed by atoms with Gasteiger partial charge in [0.25, 0.3) is 0 Å². The number of halogens is 8. The van der Waals surface area contributed by atoms with Gasteiger partial charge in [-0.15, -0.1) is 0 Å². The van der Waals surface area contributed by atoms with E-state index in [0.717, 1.165) is 0 Å². The van der Waals surface area contributed by atoms with Crippen molar-refractivity contribution in [2.45, 2.75) is 0 Å². The van der Waals surface area contributed by atoms with E-state index in [0.29, 0.717) is 0 Å². The lowest BCUT2D eigenvalue weighted by Gasteiger charge is -2.09. The molecule has 0 heterocycles. The Labute approximate surface area is 127 Å². The summed E-state index contributed by atoms with van der Waals surface area (Å²) in [4.78, 5) is 11.2. The predicted molar refractivity (Wildman–Crippen MR) is 59.2 cm³/mol. The Balaban J connectivity index is 2.34. The van der Waals surface area contributed by atoms with Crippen molar-refractivity contribution < 1.29 is 49.4 Å². The zero-order valence-electron chi connectivity index (χ0n) is 10.9. The van der Waals surface area contributed by atoms with E-state index in [1.807, 2.05) is 0 Å². The normalized spacial score (nSPS) is 10.7. The molecule has 2 rings (SSSR count). The first-order valence-corrected chi connectivity index (χ1v) is 5.69. The van der Waals surface area contributed by atoms with E-state index < -0.39 is 64.2 Å². The standard InChI is InChI=1S/C13H2F8O3/c14-3-1-4(15)8(19)11(7(3)18)23-13(22)24-12-9(20)5(16)2-6(17)10(12)21/h1-2H. The van der Waals surface area contributed by atoms with Crippen LogP contribution in [0.25, 0.3) is 0 Å². The highest BCUT2D eigenvalue weighted by Crippen LogP contribution is 2.29. The van der Waals surface area contributed by atoms with E-state index in [9.17, 15) is 39.9 Å². The van der Waals surface area contributed by atoms with E-state index >= 15 is 0 Å². The Hall–Kier alpha value is -2.85. The molecule has 0 fully saturated rings. The largest absolute Gasteiger partial charge is 0.519 e. The molecule has 0 radical (unpaired) electrons. The van der Waals surface area contributed by atoms with Crippen molar-refractivity contribution in [3.63, 3.8) is 0 Å². The fourth-order valence-electron chi connectivity index (χ4n) is 1.47. The zero-order valence-corrected chi connectivity index (χ0v) is 10.9. The van der Waals surface area contributed by atoms with Crippen molar-refractivity contribution >= 4 is 6.16 Å². The van der Waals surface area contributed by atoms with Gasteiger partial charge < -0.3 is 9.47 Å². The number of carbonyl (C=O) groups is 1.